The van der Waals surface area contributed by atoms with Gasteiger partial charge in [-0.3, -0.25) is 0 Å². The van der Waals surface area contributed by atoms with Crippen molar-refractivity contribution in [1.82, 2.24) is 0 Å². The third-order valence-electron chi connectivity index (χ3n) is 2.88. The third kappa shape index (κ3) is 5.40. The lowest BCUT2D eigenvalue weighted by molar-refractivity contribution is 0.348. The molecule has 0 aromatic rings. The van der Waals surface area contributed by atoms with Crippen LogP contribution in [0.1, 0.15) is 53.4 Å². The Morgan fingerprint density at radius 2 is 1.83 bits per heavy atom. The lowest BCUT2D eigenvalue weighted by Crippen LogP contribution is -2.06. The summed E-state index contributed by atoms with van der Waals surface area (Å²) < 4.78 is 0. The molecule has 2 atom stereocenters. The zero-order valence-electron chi connectivity index (χ0n) is 9.14. The van der Waals surface area contributed by atoms with Crippen LogP contribution in [0.3, 0.4) is 0 Å². The molecule has 0 nitrogen and oxygen atoms in total. The molecule has 12 heavy (non-hydrogen) atoms. The van der Waals surface area contributed by atoms with Crippen molar-refractivity contribution in [2.45, 2.75) is 53.4 Å². The smallest absolute Gasteiger partial charge is 0.0351 e. The number of allylic oxidation sites excluding steroid dienone is 2. The van der Waals surface area contributed by atoms with Crippen LogP contribution in [0.15, 0.2) is 12.2 Å². The predicted molar refractivity (Wildman–Crippen MR) is 57.3 cm³/mol. The highest BCUT2D eigenvalue weighted by Crippen LogP contribution is 2.20. The van der Waals surface area contributed by atoms with Gasteiger partial charge in [-0.05, 0) is 31.6 Å². The molecule has 0 amide bonds. The van der Waals surface area contributed by atoms with Crippen LogP contribution in [0.4, 0.5) is 0 Å². The number of rotatable bonds is 6. The van der Waals surface area contributed by atoms with Crippen LogP contribution in [-0.2, 0) is 0 Å². The van der Waals surface area contributed by atoms with Gasteiger partial charge in [-0.15, -0.1) is 0 Å². The molecule has 0 N–H and O–H groups in total. The highest BCUT2D eigenvalue weighted by atomic mass is 14.1. The molecule has 0 heteroatoms. The van der Waals surface area contributed by atoms with E-state index in [-0.39, 0.29) is 0 Å². The largest absolute Gasteiger partial charge is 0.0917 e. The maximum absolute atomic E-state index is 2.38. The second-order valence-electron chi connectivity index (χ2n) is 3.86. The van der Waals surface area contributed by atoms with Crippen molar-refractivity contribution in [3.05, 3.63) is 12.2 Å². The fraction of sp³-hybridized carbons (Fsp3) is 0.833. The first-order valence-electron chi connectivity index (χ1n) is 5.33. The maximum Gasteiger partial charge on any atom is -0.0351 e. The Balaban J connectivity index is 3.36. The van der Waals surface area contributed by atoms with Gasteiger partial charge in [0.2, 0.25) is 0 Å². The number of hydrogen-bond acceptors (Lipinski definition) is 0. The number of hydrogen-bond donors (Lipinski definition) is 0. The lowest BCUT2D eigenvalue weighted by atomic mass is 9.89. The maximum atomic E-state index is 2.38. The van der Waals surface area contributed by atoms with E-state index in [0.717, 1.165) is 11.8 Å². The minimum Gasteiger partial charge on any atom is -0.0917 e. The van der Waals surface area contributed by atoms with E-state index < -0.39 is 0 Å². The third-order valence-corrected chi connectivity index (χ3v) is 2.88. The average Bonchev–Trinajstić information content (AvgIpc) is 2.10. The second-order valence-corrected chi connectivity index (χ2v) is 3.86. The van der Waals surface area contributed by atoms with Gasteiger partial charge in [0.05, 0.1) is 0 Å². The second kappa shape index (κ2) is 7.39. The fourth-order valence-corrected chi connectivity index (χ4v) is 1.41. The van der Waals surface area contributed by atoms with Gasteiger partial charge in [0.25, 0.3) is 0 Å². The lowest BCUT2D eigenvalue weighted by Gasteiger charge is -2.17. The minimum absolute atomic E-state index is 0.899. The topological polar surface area (TPSA) is 0 Å². The summed E-state index contributed by atoms with van der Waals surface area (Å²) in [6, 6.07) is 0. The van der Waals surface area contributed by atoms with Gasteiger partial charge in [0.15, 0.2) is 0 Å². The van der Waals surface area contributed by atoms with Gasteiger partial charge in [0, 0.05) is 0 Å². The molecule has 0 spiro atoms. The quantitative estimate of drug-likeness (QED) is 0.407. The summed E-state index contributed by atoms with van der Waals surface area (Å²) in [6.07, 6.45) is 9.74. The summed E-state index contributed by atoms with van der Waals surface area (Å²) in [5.74, 6) is 1.80. The highest BCUT2D eigenvalue weighted by molar-refractivity contribution is 4.76. The van der Waals surface area contributed by atoms with Gasteiger partial charge >= 0.3 is 0 Å². The normalized spacial score (nSPS) is 16.7. The molecule has 0 radical (unpaired) electrons. The van der Waals surface area contributed by atoms with Crippen molar-refractivity contribution in [3.8, 4) is 0 Å². The average molecular weight is 168 g/mol. The van der Waals surface area contributed by atoms with Crippen molar-refractivity contribution in [1.29, 1.82) is 0 Å². The summed E-state index contributed by atoms with van der Waals surface area (Å²) in [5.41, 5.74) is 0. The highest BCUT2D eigenvalue weighted by Gasteiger charge is 2.08. The molecule has 0 aromatic heterocycles. The van der Waals surface area contributed by atoms with E-state index in [9.17, 15) is 0 Å². The Morgan fingerprint density at radius 3 is 2.33 bits per heavy atom. The van der Waals surface area contributed by atoms with Gasteiger partial charge in [0.1, 0.15) is 0 Å². The van der Waals surface area contributed by atoms with Crippen LogP contribution in [-0.4, -0.2) is 0 Å². The van der Waals surface area contributed by atoms with Gasteiger partial charge in [-0.25, -0.2) is 0 Å². The Labute approximate surface area is 78.1 Å². The monoisotopic (exact) mass is 168 g/mol. The predicted octanol–water partition coefficient (Wildman–Crippen LogP) is 4.42. The van der Waals surface area contributed by atoms with Gasteiger partial charge < -0.3 is 0 Å². The van der Waals surface area contributed by atoms with Crippen molar-refractivity contribution in [2.24, 2.45) is 11.8 Å². The molecule has 2 unspecified atom stereocenters. The first-order chi connectivity index (χ1) is 5.72. The summed E-state index contributed by atoms with van der Waals surface area (Å²) in [4.78, 5) is 0. The molecule has 0 aliphatic rings. The van der Waals surface area contributed by atoms with Crippen LogP contribution in [0, 0.1) is 11.8 Å². The van der Waals surface area contributed by atoms with Crippen LogP contribution in [0.25, 0.3) is 0 Å². The molecule has 0 bridgehead atoms. The molecular weight excluding hydrogens is 144 g/mol. The van der Waals surface area contributed by atoms with Crippen LogP contribution in [0.2, 0.25) is 0 Å². The summed E-state index contributed by atoms with van der Waals surface area (Å²) in [7, 11) is 0. The molecule has 0 heterocycles. The van der Waals surface area contributed by atoms with Crippen LogP contribution >= 0.6 is 0 Å². The fourth-order valence-electron chi connectivity index (χ4n) is 1.41. The first kappa shape index (κ1) is 11.7. The van der Waals surface area contributed by atoms with Crippen molar-refractivity contribution >= 4 is 0 Å². The summed E-state index contributed by atoms with van der Waals surface area (Å²) >= 11 is 0. The zero-order chi connectivity index (χ0) is 9.40. The molecule has 0 aliphatic carbocycles. The molecule has 0 aromatic carbocycles. The summed E-state index contributed by atoms with van der Waals surface area (Å²) in [5, 5.41) is 0. The standard InChI is InChI=1S/C12H24/c1-5-7-8-9-10-12(4)11(3)6-2/h5,7,11-12H,6,8-10H2,1-4H3. The molecule has 0 rings (SSSR count). The van der Waals surface area contributed by atoms with Crippen molar-refractivity contribution in [3.63, 3.8) is 0 Å². The molecule has 0 saturated heterocycles. The molecule has 72 valence electrons. The van der Waals surface area contributed by atoms with Crippen molar-refractivity contribution in [2.75, 3.05) is 0 Å². The number of unbranched alkanes of at least 4 members (excludes halogenated alkanes) is 1. The van der Waals surface area contributed by atoms with E-state index in [1.165, 1.54) is 25.7 Å². The van der Waals surface area contributed by atoms with Crippen molar-refractivity contribution < 1.29 is 0 Å². The Hall–Kier alpha value is -0.260. The Morgan fingerprint density at radius 1 is 1.17 bits per heavy atom. The van der Waals surface area contributed by atoms with E-state index in [1.54, 1.807) is 0 Å². The summed E-state index contributed by atoms with van der Waals surface area (Å²) in [6.45, 7) is 9.12. The van der Waals surface area contributed by atoms with Gasteiger partial charge in [-0.1, -0.05) is 45.8 Å². The van der Waals surface area contributed by atoms with E-state index in [4.69, 9.17) is 0 Å². The Bertz CT molecular complexity index is 113. The van der Waals surface area contributed by atoms with Crippen LogP contribution < -0.4 is 0 Å². The molecule has 0 aliphatic heterocycles. The van der Waals surface area contributed by atoms with E-state index in [0.29, 0.717) is 0 Å². The van der Waals surface area contributed by atoms with E-state index in [2.05, 4.69) is 39.8 Å². The van der Waals surface area contributed by atoms with E-state index in [1.807, 2.05) is 0 Å². The van der Waals surface area contributed by atoms with Gasteiger partial charge in [-0.2, -0.15) is 0 Å². The van der Waals surface area contributed by atoms with Crippen LogP contribution in [0.5, 0.6) is 0 Å². The minimum atomic E-state index is 0.899. The molecular formula is C12H24. The Kier molecular flexibility index (Phi) is 7.23. The first-order valence-corrected chi connectivity index (χ1v) is 5.33. The molecule has 0 fully saturated rings. The zero-order valence-corrected chi connectivity index (χ0v) is 9.14. The molecule has 0 saturated carbocycles. The van der Waals surface area contributed by atoms with E-state index >= 15 is 0 Å². The SMILES string of the molecule is CC=CCCCC(C)C(C)CC.